The fourth-order valence-corrected chi connectivity index (χ4v) is 4.91. The Kier molecular flexibility index (Phi) is 5.68. The number of halogens is 1. The van der Waals surface area contributed by atoms with E-state index in [1.807, 2.05) is 20.8 Å². The fraction of sp³-hybridized carbons (Fsp3) is 0.565. The van der Waals surface area contributed by atoms with Crippen molar-refractivity contribution in [1.82, 2.24) is 20.4 Å². The number of benzene rings is 1. The summed E-state index contributed by atoms with van der Waals surface area (Å²) in [7, 11) is 0. The molecule has 0 radical (unpaired) electrons. The molecule has 3 aliphatic rings. The van der Waals surface area contributed by atoms with Crippen molar-refractivity contribution >= 4 is 23.6 Å². The third-order valence-corrected chi connectivity index (χ3v) is 6.25. The number of nitrogens with one attached hydrogen (secondary N) is 2. The van der Waals surface area contributed by atoms with Gasteiger partial charge >= 0.3 is 0 Å². The van der Waals surface area contributed by atoms with E-state index >= 15 is 0 Å². The average Bonchev–Trinajstić information content (AvgIpc) is 3.27. The molecule has 32 heavy (non-hydrogen) atoms. The lowest BCUT2D eigenvalue weighted by molar-refractivity contribution is -0.138. The maximum Gasteiger partial charge on any atom is 0.254 e. The summed E-state index contributed by atoms with van der Waals surface area (Å²) in [6.45, 7) is 6.42. The third-order valence-electron chi connectivity index (χ3n) is 6.25. The minimum absolute atomic E-state index is 0.116. The molecule has 0 aromatic heterocycles. The highest BCUT2D eigenvalue weighted by molar-refractivity contribution is 6.00. The molecule has 3 saturated heterocycles. The highest BCUT2D eigenvalue weighted by Crippen LogP contribution is 2.30. The van der Waals surface area contributed by atoms with Gasteiger partial charge in [0.05, 0.1) is 6.04 Å². The first kappa shape index (κ1) is 22.2. The summed E-state index contributed by atoms with van der Waals surface area (Å²) in [5, 5.41) is 5.86. The second kappa shape index (κ2) is 8.18. The van der Waals surface area contributed by atoms with Crippen molar-refractivity contribution < 1.29 is 23.6 Å². The van der Waals surface area contributed by atoms with Gasteiger partial charge in [-0.15, -0.1) is 0 Å². The Morgan fingerprint density at radius 3 is 2.69 bits per heavy atom. The third kappa shape index (κ3) is 4.33. The van der Waals surface area contributed by atoms with Crippen LogP contribution >= 0.6 is 0 Å². The van der Waals surface area contributed by atoms with E-state index in [4.69, 9.17) is 0 Å². The summed E-state index contributed by atoms with van der Waals surface area (Å²) in [5.41, 5.74) is -0.00534. The van der Waals surface area contributed by atoms with E-state index in [1.165, 1.54) is 28.0 Å². The van der Waals surface area contributed by atoms with E-state index in [9.17, 15) is 23.6 Å². The Balaban J connectivity index is 1.52. The molecular weight excluding hydrogens is 415 g/mol. The first-order valence-electron chi connectivity index (χ1n) is 11.0. The van der Waals surface area contributed by atoms with Gasteiger partial charge in [-0.3, -0.25) is 19.2 Å². The normalized spacial score (nSPS) is 27.5. The molecule has 0 spiro atoms. The summed E-state index contributed by atoms with van der Waals surface area (Å²) in [5.74, 6) is -1.66. The Bertz CT molecular complexity index is 960. The Labute approximate surface area is 186 Å². The summed E-state index contributed by atoms with van der Waals surface area (Å²) in [4.78, 5) is 54.7. The van der Waals surface area contributed by atoms with Gasteiger partial charge in [0.1, 0.15) is 17.9 Å². The number of fused-ring (bicyclic) bond motifs is 2. The van der Waals surface area contributed by atoms with Crippen LogP contribution in [0.15, 0.2) is 24.3 Å². The second-order valence-electron chi connectivity index (χ2n) is 10.1. The van der Waals surface area contributed by atoms with E-state index in [0.29, 0.717) is 25.8 Å². The minimum Gasteiger partial charge on any atom is -0.351 e. The smallest absolute Gasteiger partial charge is 0.254 e. The maximum absolute atomic E-state index is 13.6. The van der Waals surface area contributed by atoms with E-state index in [2.05, 4.69) is 10.6 Å². The predicted molar refractivity (Wildman–Crippen MR) is 114 cm³/mol. The molecule has 1 aromatic carbocycles. The van der Waals surface area contributed by atoms with Crippen LogP contribution in [-0.2, 0) is 14.4 Å². The molecule has 1 aromatic rings. The van der Waals surface area contributed by atoms with Crippen molar-refractivity contribution in [2.45, 2.75) is 64.2 Å². The van der Waals surface area contributed by atoms with E-state index in [0.717, 1.165) is 6.07 Å². The largest absolute Gasteiger partial charge is 0.351 e. The zero-order valence-corrected chi connectivity index (χ0v) is 18.6. The van der Waals surface area contributed by atoms with Crippen LogP contribution in [0.4, 0.5) is 4.39 Å². The van der Waals surface area contributed by atoms with E-state index in [1.54, 1.807) is 0 Å². The molecular formula is C23H29FN4O4. The van der Waals surface area contributed by atoms with Crippen molar-refractivity contribution in [3.8, 4) is 0 Å². The van der Waals surface area contributed by atoms with Gasteiger partial charge in [-0.2, -0.15) is 0 Å². The molecule has 3 heterocycles. The number of hydrogen-bond acceptors (Lipinski definition) is 4. The van der Waals surface area contributed by atoms with Crippen molar-refractivity contribution in [2.75, 3.05) is 13.1 Å². The quantitative estimate of drug-likeness (QED) is 0.728. The topological polar surface area (TPSA) is 98.8 Å². The minimum atomic E-state index is -0.844. The maximum atomic E-state index is 13.6. The molecule has 4 unspecified atom stereocenters. The van der Waals surface area contributed by atoms with Crippen LogP contribution < -0.4 is 10.6 Å². The molecule has 3 fully saturated rings. The molecule has 3 aliphatic heterocycles. The van der Waals surface area contributed by atoms with Crippen molar-refractivity contribution in [1.29, 1.82) is 0 Å². The van der Waals surface area contributed by atoms with Crippen LogP contribution in [0.25, 0.3) is 0 Å². The number of hydrogen-bond donors (Lipinski definition) is 2. The molecule has 8 nitrogen and oxygen atoms in total. The van der Waals surface area contributed by atoms with Crippen molar-refractivity contribution in [3.63, 3.8) is 0 Å². The molecule has 4 amide bonds. The molecule has 172 valence electrons. The van der Waals surface area contributed by atoms with Crippen molar-refractivity contribution in [3.05, 3.63) is 35.6 Å². The van der Waals surface area contributed by atoms with Crippen LogP contribution in [0.5, 0.6) is 0 Å². The summed E-state index contributed by atoms with van der Waals surface area (Å²) < 4.78 is 13.6. The molecule has 0 bridgehead atoms. The Morgan fingerprint density at radius 2 is 2.00 bits per heavy atom. The number of carbonyl (C=O) groups is 4. The van der Waals surface area contributed by atoms with Crippen LogP contribution in [0.3, 0.4) is 0 Å². The van der Waals surface area contributed by atoms with E-state index < -0.39 is 29.8 Å². The Morgan fingerprint density at radius 1 is 1.25 bits per heavy atom. The van der Waals surface area contributed by atoms with E-state index in [-0.39, 0.29) is 41.3 Å². The lowest BCUT2D eigenvalue weighted by atomic mass is 9.92. The van der Waals surface area contributed by atoms with Gasteiger partial charge in [-0.1, -0.05) is 26.8 Å². The molecule has 2 N–H and O–H groups in total. The second-order valence-corrected chi connectivity index (χ2v) is 10.1. The van der Waals surface area contributed by atoms with Crippen LogP contribution in [0.1, 0.15) is 50.4 Å². The van der Waals surface area contributed by atoms with Gasteiger partial charge in [0.15, 0.2) is 0 Å². The fourth-order valence-electron chi connectivity index (χ4n) is 4.91. The van der Waals surface area contributed by atoms with Crippen LogP contribution in [0, 0.1) is 11.2 Å². The highest BCUT2D eigenvalue weighted by atomic mass is 19.1. The molecule has 9 heteroatoms. The van der Waals surface area contributed by atoms with Crippen molar-refractivity contribution in [2.24, 2.45) is 5.41 Å². The first-order valence-corrected chi connectivity index (χ1v) is 11.0. The summed E-state index contributed by atoms with van der Waals surface area (Å²) >= 11 is 0. The summed E-state index contributed by atoms with van der Waals surface area (Å²) in [6.07, 6.45) is 1.13. The lowest BCUT2D eigenvalue weighted by Crippen LogP contribution is -2.52. The van der Waals surface area contributed by atoms with Gasteiger partial charge in [0.2, 0.25) is 17.7 Å². The monoisotopic (exact) mass is 444 g/mol. The van der Waals surface area contributed by atoms with Crippen LogP contribution in [0.2, 0.25) is 0 Å². The van der Waals surface area contributed by atoms with Gasteiger partial charge in [-0.05, 0) is 36.5 Å². The number of nitrogens with zero attached hydrogens (tertiary/aromatic N) is 2. The molecule has 4 rings (SSSR count). The Hall–Kier alpha value is -2.97. The highest BCUT2D eigenvalue weighted by Gasteiger charge is 2.52. The van der Waals surface area contributed by atoms with Gasteiger partial charge < -0.3 is 20.4 Å². The zero-order chi connectivity index (χ0) is 23.2. The summed E-state index contributed by atoms with van der Waals surface area (Å²) in [6, 6.07) is 3.04. The number of rotatable bonds is 3. The molecule has 0 aliphatic carbocycles. The molecule has 0 saturated carbocycles. The zero-order valence-electron chi connectivity index (χ0n) is 18.6. The molecule has 4 atom stereocenters. The standard InChI is InChI=1S/C23H29FN4O4/c1-23(2,3)11-18(29)25-15-10-17-20(30)26-16-7-8-27(19(16)22(32)28(17)12-15)21(31)13-5-4-6-14(24)9-13/h4-6,9,15-17,19H,7-8,10-12H2,1-3H3,(H,25,29)(H,26,30). The van der Waals surface area contributed by atoms with Crippen LogP contribution in [-0.4, -0.2) is 70.7 Å². The van der Waals surface area contributed by atoms with Gasteiger partial charge in [0, 0.05) is 31.1 Å². The lowest BCUT2D eigenvalue weighted by Gasteiger charge is -2.29. The number of likely N-dealkylation sites (tertiary alicyclic amines) is 1. The number of amides is 4. The predicted octanol–water partition coefficient (Wildman–Crippen LogP) is 1.06. The first-order chi connectivity index (χ1) is 15.0. The number of carbonyl (C=O) groups excluding carboxylic acids is 4. The van der Waals surface area contributed by atoms with Gasteiger partial charge in [-0.25, -0.2) is 4.39 Å². The SMILES string of the molecule is CC(C)(C)CC(=O)NC1CC2C(=O)NC3CCN(C(=O)c4cccc(F)c4)C3C(=O)N2C1. The van der Waals surface area contributed by atoms with Gasteiger partial charge in [0.25, 0.3) is 5.91 Å². The average molecular weight is 445 g/mol.